The molecule has 0 saturated carbocycles. The van der Waals surface area contributed by atoms with E-state index in [0.29, 0.717) is 0 Å². The van der Waals surface area contributed by atoms with Crippen molar-refractivity contribution in [3.63, 3.8) is 0 Å². The summed E-state index contributed by atoms with van der Waals surface area (Å²) in [4.78, 5) is 22.3. The quantitative estimate of drug-likeness (QED) is 0.388. The Morgan fingerprint density at radius 2 is 2.06 bits per heavy atom. The molecule has 1 aromatic carbocycles. The zero-order valence-corrected chi connectivity index (χ0v) is 9.90. The molecule has 0 heterocycles. The maximum absolute atomic E-state index is 11.3. The van der Waals surface area contributed by atoms with E-state index in [2.05, 4.69) is 4.74 Å². The fraction of sp³-hybridized carbons (Fsp3) is 0.167. The Labute approximate surface area is 103 Å². The van der Waals surface area contributed by atoms with E-state index in [0.717, 1.165) is 6.08 Å². The molecule has 0 aliphatic heterocycles. The number of ketones is 1. The van der Waals surface area contributed by atoms with Crippen LogP contribution in [0, 0.1) is 0 Å². The molecule has 0 spiro atoms. The van der Waals surface area contributed by atoms with Crippen LogP contribution in [0.25, 0.3) is 5.76 Å². The van der Waals surface area contributed by atoms with Crippen LogP contribution >= 0.6 is 11.6 Å². The molecule has 0 atom stereocenters. The third-order valence-corrected chi connectivity index (χ3v) is 2.22. The Kier molecular flexibility index (Phi) is 4.72. The van der Waals surface area contributed by atoms with Crippen LogP contribution in [0.15, 0.2) is 30.3 Å². The summed E-state index contributed by atoms with van der Waals surface area (Å²) >= 11 is 5.81. The Morgan fingerprint density at radius 1 is 1.41 bits per heavy atom. The number of hydrogen-bond acceptors (Lipinski definition) is 4. The van der Waals surface area contributed by atoms with E-state index in [4.69, 9.17) is 11.6 Å². The van der Waals surface area contributed by atoms with Crippen molar-refractivity contribution in [3.8, 4) is 0 Å². The maximum Gasteiger partial charge on any atom is 0.379 e. The lowest BCUT2D eigenvalue weighted by Gasteiger charge is -2.02. The van der Waals surface area contributed by atoms with Gasteiger partial charge in [-0.05, 0) is 19.1 Å². The first-order chi connectivity index (χ1) is 8.06. The third kappa shape index (κ3) is 3.60. The highest BCUT2D eigenvalue weighted by Gasteiger charge is 2.14. The molecule has 0 aliphatic carbocycles. The fourth-order valence-electron chi connectivity index (χ4n) is 1.13. The van der Waals surface area contributed by atoms with E-state index in [1.807, 2.05) is 0 Å². The molecule has 0 aromatic heterocycles. The molecule has 4 nitrogen and oxygen atoms in total. The first-order valence-corrected chi connectivity index (χ1v) is 5.30. The minimum atomic E-state index is -1.01. The summed E-state index contributed by atoms with van der Waals surface area (Å²) in [5, 5.41) is 9.93. The van der Waals surface area contributed by atoms with Gasteiger partial charge >= 0.3 is 5.97 Å². The summed E-state index contributed by atoms with van der Waals surface area (Å²) in [6.07, 6.45) is 0.791. The number of ether oxygens (including phenoxy) is 1. The fourth-order valence-corrected chi connectivity index (χ4v) is 1.36. The minimum absolute atomic E-state index is 0.102. The zero-order chi connectivity index (χ0) is 12.8. The van der Waals surface area contributed by atoms with E-state index < -0.39 is 11.8 Å². The van der Waals surface area contributed by atoms with Gasteiger partial charge in [-0.15, -0.1) is 0 Å². The van der Waals surface area contributed by atoms with Gasteiger partial charge in [0.2, 0.25) is 0 Å². The summed E-state index contributed by atoms with van der Waals surface area (Å²) in [7, 11) is 0. The number of esters is 1. The van der Waals surface area contributed by atoms with Gasteiger partial charge in [0, 0.05) is 11.6 Å². The second-order valence-electron chi connectivity index (χ2n) is 3.09. The van der Waals surface area contributed by atoms with Crippen LogP contribution in [-0.2, 0) is 14.3 Å². The average Bonchev–Trinajstić information content (AvgIpc) is 2.29. The molecule has 5 heteroatoms. The van der Waals surface area contributed by atoms with Crippen LogP contribution in [0.3, 0.4) is 0 Å². The van der Waals surface area contributed by atoms with Crippen molar-refractivity contribution < 1.29 is 19.4 Å². The van der Waals surface area contributed by atoms with Gasteiger partial charge in [-0.2, -0.15) is 0 Å². The van der Waals surface area contributed by atoms with Crippen molar-refractivity contribution in [3.05, 3.63) is 40.9 Å². The van der Waals surface area contributed by atoms with Gasteiger partial charge in [0.15, 0.2) is 0 Å². The second-order valence-corrected chi connectivity index (χ2v) is 3.50. The highest BCUT2D eigenvalue weighted by atomic mass is 35.5. The maximum atomic E-state index is 11.3. The topological polar surface area (TPSA) is 63.6 Å². The molecule has 1 rings (SSSR count). The highest BCUT2D eigenvalue weighted by molar-refractivity contribution is 6.39. The molecular formula is C12H11ClO4. The lowest BCUT2D eigenvalue weighted by molar-refractivity contribution is -0.151. The highest BCUT2D eigenvalue weighted by Crippen LogP contribution is 2.21. The van der Waals surface area contributed by atoms with Gasteiger partial charge in [-0.3, -0.25) is 4.79 Å². The van der Waals surface area contributed by atoms with E-state index >= 15 is 0 Å². The number of carbonyl (C=O) groups excluding carboxylic acids is 2. The average molecular weight is 255 g/mol. The van der Waals surface area contributed by atoms with Crippen LogP contribution in [-0.4, -0.2) is 23.5 Å². The lowest BCUT2D eigenvalue weighted by atomic mass is 10.1. The van der Waals surface area contributed by atoms with Gasteiger partial charge in [-0.25, -0.2) is 4.79 Å². The number of rotatable bonds is 4. The largest absolute Gasteiger partial charge is 0.507 e. The Morgan fingerprint density at radius 3 is 2.65 bits per heavy atom. The molecule has 0 bridgehead atoms. The van der Waals surface area contributed by atoms with Crippen LogP contribution in [0.5, 0.6) is 0 Å². The lowest BCUT2D eigenvalue weighted by Crippen LogP contribution is -2.15. The number of carbonyl (C=O) groups is 2. The predicted molar refractivity (Wildman–Crippen MR) is 63.7 cm³/mol. The second kappa shape index (κ2) is 6.06. The van der Waals surface area contributed by atoms with Crippen molar-refractivity contribution >= 4 is 29.1 Å². The van der Waals surface area contributed by atoms with Crippen molar-refractivity contribution in [2.75, 3.05) is 6.61 Å². The van der Waals surface area contributed by atoms with Crippen LogP contribution in [0.4, 0.5) is 0 Å². The first kappa shape index (κ1) is 13.3. The van der Waals surface area contributed by atoms with E-state index in [9.17, 15) is 14.7 Å². The Bertz CT molecular complexity index is 465. The molecule has 1 aromatic rings. The number of benzene rings is 1. The molecule has 0 fully saturated rings. The van der Waals surface area contributed by atoms with Gasteiger partial charge in [-0.1, -0.05) is 23.7 Å². The predicted octanol–water partition coefficient (Wildman–Crippen LogP) is 2.37. The van der Waals surface area contributed by atoms with Gasteiger partial charge in [0.1, 0.15) is 5.76 Å². The number of aliphatic hydroxyl groups is 1. The van der Waals surface area contributed by atoms with Crippen molar-refractivity contribution in [2.24, 2.45) is 0 Å². The van der Waals surface area contributed by atoms with E-state index in [-0.39, 0.29) is 23.0 Å². The first-order valence-electron chi connectivity index (χ1n) is 4.93. The molecular weight excluding hydrogens is 244 g/mol. The summed E-state index contributed by atoms with van der Waals surface area (Å²) in [5.41, 5.74) is 0.284. The number of aliphatic hydroxyl groups excluding tert-OH is 1. The molecule has 17 heavy (non-hydrogen) atoms. The molecule has 1 N–H and O–H groups in total. The molecule has 0 radical (unpaired) electrons. The number of hydrogen-bond donors (Lipinski definition) is 1. The number of halogens is 1. The van der Waals surface area contributed by atoms with Crippen molar-refractivity contribution in [1.29, 1.82) is 0 Å². The van der Waals surface area contributed by atoms with Gasteiger partial charge in [0.05, 0.1) is 11.6 Å². The summed E-state index contributed by atoms with van der Waals surface area (Å²) in [6, 6.07) is 6.44. The Balaban J connectivity index is 2.90. The smallest absolute Gasteiger partial charge is 0.379 e. The molecule has 90 valence electrons. The van der Waals surface area contributed by atoms with E-state index in [1.54, 1.807) is 25.1 Å². The monoisotopic (exact) mass is 254 g/mol. The standard InChI is InChI=1S/C12H11ClO4/c1-2-17-12(16)11(15)7-10(14)8-5-3-4-6-9(8)13/h3-7,14H,2H2,1H3. The minimum Gasteiger partial charge on any atom is -0.507 e. The normalized spacial score (nSPS) is 11.1. The SMILES string of the molecule is CCOC(=O)C(=O)C=C(O)c1ccccc1Cl. The van der Waals surface area contributed by atoms with Crippen molar-refractivity contribution in [1.82, 2.24) is 0 Å². The van der Waals surface area contributed by atoms with Crippen LogP contribution < -0.4 is 0 Å². The summed E-state index contributed by atoms with van der Waals surface area (Å²) in [5.74, 6) is -2.30. The zero-order valence-electron chi connectivity index (χ0n) is 9.14. The Hall–Kier alpha value is -1.81. The van der Waals surface area contributed by atoms with Crippen molar-refractivity contribution in [2.45, 2.75) is 6.92 Å². The van der Waals surface area contributed by atoms with E-state index in [1.165, 1.54) is 6.07 Å². The molecule has 0 amide bonds. The third-order valence-electron chi connectivity index (χ3n) is 1.89. The molecule has 0 saturated heterocycles. The van der Waals surface area contributed by atoms with Crippen LogP contribution in [0.2, 0.25) is 5.02 Å². The van der Waals surface area contributed by atoms with Gasteiger partial charge in [0.25, 0.3) is 5.78 Å². The molecule has 0 aliphatic rings. The van der Waals surface area contributed by atoms with Crippen LogP contribution in [0.1, 0.15) is 12.5 Å². The van der Waals surface area contributed by atoms with Gasteiger partial charge < -0.3 is 9.84 Å². The summed E-state index contributed by atoms with van der Waals surface area (Å²) < 4.78 is 4.49. The summed E-state index contributed by atoms with van der Waals surface area (Å²) in [6.45, 7) is 1.69. The molecule has 0 unspecified atom stereocenters.